The van der Waals surface area contributed by atoms with Crippen LogP contribution in [0.15, 0.2) is 18.5 Å². The van der Waals surface area contributed by atoms with Crippen molar-refractivity contribution >= 4 is 5.91 Å². The average Bonchev–Trinajstić information content (AvgIpc) is 2.70. The largest absolute Gasteiger partial charge is 0.339 e. The molecule has 0 radical (unpaired) electrons. The fourth-order valence-electron chi connectivity index (χ4n) is 1.64. The highest BCUT2D eigenvalue weighted by molar-refractivity contribution is 5.94. The van der Waals surface area contributed by atoms with Crippen molar-refractivity contribution in [2.24, 2.45) is 0 Å². The quantitative estimate of drug-likeness (QED) is 0.678. The molecule has 1 fully saturated rings. The molecule has 2 rings (SSSR count). The summed E-state index contributed by atoms with van der Waals surface area (Å²) in [6, 6.07) is 1.43. The molecule has 0 N–H and O–H groups in total. The number of hydrogen-bond donors (Lipinski definition) is 0. The van der Waals surface area contributed by atoms with Crippen molar-refractivity contribution in [1.82, 2.24) is 9.88 Å². The maximum atomic E-state index is 13.2. The maximum Gasteiger partial charge on any atom is 0.256 e. The van der Waals surface area contributed by atoms with Gasteiger partial charge in [-0.25, -0.2) is 4.39 Å². The fraction of sp³-hybridized carbons (Fsp3) is 0.400. The molecule has 4 heteroatoms. The molecular weight excluding hydrogens is 183 g/mol. The predicted octanol–water partition coefficient (Wildman–Crippen LogP) is 1.46. The van der Waals surface area contributed by atoms with Crippen LogP contribution in [-0.4, -0.2) is 28.9 Å². The minimum atomic E-state index is -0.538. The summed E-state index contributed by atoms with van der Waals surface area (Å²) in [6.45, 7) is 1.47. The second-order valence-electron chi connectivity index (χ2n) is 3.35. The van der Waals surface area contributed by atoms with Crippen LogP contribution in [0.2, 0.25) is 0 Å². The maximum absolute atomic E-state index is 13.2. The summed E-state index contributed by atoms with van der Waals surface area (Å²) in [7, 11) is 0. The zero-order valence-corrected chi connectivity index (χ0v) is 7.74. The van der Waals surface area contributed by atoms with Crippen LogP contribution in [0.1, 0.15) is 23.2 Å². The van der Waals surface area contributed by atoms with Crippen molar-refractivity contribution in [3.63, 3.8) is 0 Å². The van der Waals surface area contributed by atoms with E-state index >= 15 is 0 Å². The van der Waals surface area contributed by atoms with Gasteiger partial charge in [-0.2, -0.15) is 0 Å². The Morgan fingerprint density at radius 2 is 2.14 bits per heavy atom. The molecule has 1 aliphatic rings. The zero-order valence-electron chi connectivity index (χ0n) is 7.74. The van der Waals surface area contributed by atoms with Crippen LogP contribution in [-0.2, 0) is 0 Å². The summed E-state index contributed by atoms with van der Waals surface area (Å²) in [5, 5.41) is 0. The SMILES string of the molecule is O=C(c1ccncc1F)N1CCCC1. The lowest BCUT2D eigenvalue weighted by Crippen LogP contribution is -2.28. The van der Waals surface area contributed by atoms with Crippen LogP contribution in [0, 0.1) is 5.82 Å². The molecule has 0 saturated carbocycles. The van der Waals surface area contributed by atoms with Gasteiger partial charge in [0.05, 0.1) is 11.8 Å². The van der Waals surface area contributed by atoms with Gasteiger partial charge in [-0.3, -0.25) is 9.78 Å². The Morgan fingerprint density at radius 1 is 1.43 bits per heavy atom. The molecule has 1 aromatic heterocycles. The van der Waals surface area contributed by atoms with Gasteiger partial charge in [0.1, 0.15) is 0 Å². The number of nitrogens with zero attached hydrogens (tertiary/aromatic N) is 2. The van der Waals surface area contributed by atoms with Gasteiger partial charge in [0.2, 0.25) is 0 Å². The first-order chi connectivity index (χ1) is 6.79. The van der Waals surface area contributed by atoms with E-state index in [9.17, 15) is 9.18 Å². The first kappa shape index (κ1) is 9.12. The minimum Gasteiger partial charge on any atom is -0.339 e. The van der Waals surface area contributed by atoms with E-state index < -0.39 is 5.82 Å². The second-order valence-corrected chi connectivity index (χ2v) is 3.35. The molecule has 0 unspecified atom stereocenters. The van der Waals surface area contributed by atoms with E-state index in [0.717, 1.165) is 32.1 Å². The molecule has 0 atom stereocenters. The Bertz CT molecular complexity index is 348. The molecule has 74 valence electrons. The van der Waals surface area contributed by atoms with Crippen LogP contribution in [0.5, 0.6) is 0 Å². The van der Waals surface area contributed by atoms with Crippen molar-refractivity contribution in [2.45, 2.75) is 12.8 Å². The van der Waals surface area contributed by atoms with Gasteiger partial charge >= 0.3 is 0 Å². The van der Waals surface area contributed by atoms with Gasteiger partial charge in [-0.1, -0.05) is 0 Å². The van der Waals surface area contributed by atoms with Crippen molar-refractivity contribution < 1.29 is 9.18 Å². The van der Waals surface area contributed by atoms with E-state index in [1.807, 2.05) is 0 Å². The van der Waals surface area contributed by atoms with Crippen molar-refractivity contribution in [2.75, 3.05) is 13.1 Å². The van der Waals surface area contributed by atoms with Crippen molar-refractivity contribution in [3.05, 3.63) is 29.8 Å². The number of carbonyl (C=O) groups is 1. The van der Waals surface area contributed by atoms with Gasteiger partial charge in [0, 0.05) is 19.3 Å². The zero-order chi connectivity index (χ0) is 9.97. The topological polar surface area (TPSA) is 33.2 Å². The number of rotatable bonds is 1. The molecule has 0 spiro atoms. The number of amides is 1. The van der Waals surface area contributed by atoms with Crippen molar-refractivity contribution in [1.29, 1.82) is 0 Å². The van der Waals surface area contributed by atoms with Crippen LogP contribution in [0.25, 0.3) is 0 Å². The van der Waals surface area contributed by atoms with E-state index in [0.29, 0.717) is 0 Å². The molecule has 14 heavy (non-hydrogen) atoms. The standard InChI is InChI=1S/C10H11FN2O/c11-9-7-12-4-3-8(9)10(14)13-5-1-2-6-13/h3-4,7H,1-2,5-6H2. The first-order valence-corrected chi connectivity index (χ1v) is 4.68. The predicted molar refractivity (Wildman–Crippen MR) is 49.3 cm³/mol. The molecule has 2 heterocycles. The second kappa shape index (κ2) is 3.74. The number of aromatic nitrogens is 1. The minimum absolute atomic E-state index is 0.127. The lowest BCUT2D eigenvalue weighted by molar-refractivity contribution is 0.0788. The molecule has 1 saturated heterocycles. The average molecular weight is 194 g/mol. The van der Waals surface area contributed by atoms with Gasteiger partial charge in [-0.15, -0.1) is 0 Å². The van der Waals surface area contributed by atoms with E-state index in [-0.39, 0.29) is 11.5 Å². The van der Waals surface area contributed by atoms with E-state index in [1.54, 1.807) is 4.90 Å². The molecule has 0 aromatic carbocycles. The molecule has 0 aliphatic carbocycles. The smallest absolute Gasteiger partial charge is 0.256 e. The van der Waals surface area contributed by atoms with Gasteiger partial charge in [-0.05, 0) is 18.9 Å². The van der Waals surface area contributed by atoms with Gasteiger partial charge in [0.15, 0.2) is 5.82 Å². The van der Waals surface area contributed by atoms with Crippen molar-refractivity contribution in [3.8, 4) is 0 Å². The highest BCUT2D eigenvalue weighted by Gasteiger charge is 2.21. The van der Waals surface area contributed by atoms with E-state index in [4.69, 9.17) is 0 Å². The third-order valence-corrected chi connectivity index (χ3v) is 2.40. The van der Waals surface area contributed by atoms with Crippen LogP contribution in [0.4, 0.5) is 4.39 Å². The van der Waals surface area contributed by atoms with Crippen LogP contribution in [0.3, 0.4) is 0 Å². The Labute approximate surface area is 81.6 Å². The Morgan fingerprint density at radius 3 is 2.79 bits per heavy atom. The van der Waals surface area contributed by atoms with Gasteiger partial charge in [0.25, 0.3) is 5.91 Å². The summed E-state index contributed by atoms with van der Waals surface area (Å²) < 4.78 is 13.2. The number of pyridine rings is 1. The molecule has 1 aliphatic heterocycles. The first-order valence-electron chi connectivity index (χ1n) is 4.68. The summed E-state index contributed by atoms with van der Waals surface area (Å²) in [5.74, 6) is -0.758. The summed E-state index contributed by atoms with van der Waals surface area (Å²) >= 11 is 0. The summed E-state index contributed by atoms with van der Waals surface area (Å²) in [6.07, 6.45) is 4.53. The number of likely N-dealkylation sites (tertiary alicyclic amines) is 1. The van der Waals surface area contributed by atoms with E-state index in [2.05, 4.69) is 4.98 Å². The number of halogens is 1. The van der Waals surface area contributed by atoms with Crippen LogP contribution >= 0.6 is 0 Å². The molecule has 1 aromatic rings. The Kier molecular flexibility index (Phi) is 2.43. The Hall–Kier alpha value is -1.45. The third-order valence-electron chi connectivity index (χ3n) is 2.40. The van der Waals surface area contributed by atoms with E-state index in [1.165, 1.54) is 12.3 Å². The van der Waals surface area contributed by atoms with Gasteiger partial charge < -0.3 is 4.90 Å². The molecule has 3 nitrogen and oxygen atoms in total. The normalized spacial score (nSPS) is 15.9. The number of carbonyl (C=O) groups excluding carboxylic acids is 1. The highest BCUT2D eigenvalue weighted by atomic mass is 19.1. The monoisotopic (exact) mass is 194 g/mol. The summed E-state index contributed by atoms with van der Waals surface area (Å²) in [4.78, 5) is 17.0. The molecule has 0 bridgehead atoms. The van der Waals surface area contributed by atoms with Crippen LogP contribution < -0.4 is 0 Å². The highest BCUT2D eigenvalue weighted by Crippen LogP contribution is 2.14. The fourth-order valence-corrected chi connectivity index (χ4v) is 1.64. The number of hydrogen-bond acceptors (Lipinski definition) is 2. The molecular formula is C10H11FN2O. The lowest BCUT2D eigenvalue weighted by atomic mass is 10.2. The summed E-state index contributed by atoms with van der Waals surface area (Å²) in [5.41, 5.74) is 0.127. The Balaban J connectivity index is 2.22. The lowest BCUT2D eigenvalue weighted by Gasteiger charge is -2.14. The molecule has 1 amide bonds. The third kappa shape index (κ3) is 1.60.